The maximum absolute atomic E-state index is 13.6. The zero-order valence-corrected chi connectivity index (χ0v) is 22.3. The van der Waals surface area contributed by atoms with Gasteiger partial charge in [0, 0.05) is 41.4 Å². The lowest BCUT2D eigenvalue weighted by molar-refractivity contribution is -0.946. The third-order valence-electron chi connectivity index (χ3n) is 9.24. The van der Waals surface area contributed by atoms with E-state index in [9.17, 15) is 9.90 Å². The fourth-order valence-electron chi connectivity index (χ4n) is 7.11. The van der Waals surface area contributed by atoms with Crippen LogP contribution < -0.4 is 4.74 Å². The fourth-order valence-corrected chi connectivity index (χ4v) is 8.00. The van der Waals surface area contributed by atoms with Gasteiger partial charge >= 0.3 is 5.97 Å². The van der Waals surface area contributed by atoms with Gasteiger partial charge in [-0.15, -0.1) is 11.3 Å². The Labute approximate surface area is 223 Å². The minimum Gasteiger partial charge on any atom is -0.493 e. The SMILES string of the molecule is O=C(O[C@H]1C[N+]2(CCCOc3cccc4ccccc34)CCC1CC2)[C@](O)(c1cccs1)C1CCCC1. The molecule has 0 radical (unpaired) electrons. The number of carbonyl (C=O) groups is 1. The van der Waals surface area contributed by atoms with Crippen LogP contribution in [-0.2, 0) is 15.1 Å². The lowest BCUT2D eigenvalue weighted by atomic mass is 9.82. The van der Waals surface area contributed by atoms with Crippen LogP contribution in [0.2, 0.25) is 0 Å². The van der Waals surface area contributed by atoms with E-state index in [1.807, 2.05) is 17.5 Å². The van der Waals surface area contributed by atoms with Gasteiger partial charge in [0.2, 0.25) is 0 Å². The Bertz CT molecular complexity index is 1210. The van der Waals surface area contributed by atoms with Gasteiger partial charge in [-0.25, -0.2) is 4.79 Å². The summed E-state index contributed by atoms with van der Waals surface area (Å²) in [5.74, 6) is 0.890. The van der Waals surface area contributed by atoms with Gasteiger partial charge in [0.15, 0.2) is 11.7 Å². The number of quaternary nitrogens is 1. The van der Waals surface area contributed by atoms with Crippen molar-refractivity contribution in [3.8, 4) is 5.75 Å². The number of thiophene rings is 1. The summed E-state index contributed by atoms with van der Waals surface area (Å²) in [5.41, 5.74) is -1.51. The van der Waals surface area contributed by atoms with Crippen molar-refractivity contribution in [2.45, 2.75) is 56.7 Å². The van der Waals surface area contributed by atoms with E-state index < -0.39 is 11.6 Å². The molecule has 4 fully saturated rings. The van der Waals surface area contributed by atoms with Gasteiger partial charge in [-0.1, -0.05) is 55.3 Å². The maximum atomic E-state index is 13.6. The standard InChI is InChI=1S/C31H38NO4S/c33-30(31(34,25-10-2-3-11-25)29-14-6-21-37-29)36-28-22-32(18-15-24(28)16-19-32)17-7-20-35-27-13-5-9-23-8-1-4-12-26(23)27/h1,4-6,8-9,12-14,21,24-25,28,34H,2-3,7,10-11,15-20,22H2/q+1/t24?,28-,31+,32?/m0/s1. The normalized spacial score (nSPS) is 27.3. The number of fused-ring (bicyclic) bond motifs is 4. The number of piperidine rings is 3. The Kier molecular flexibility index (Phi) is 6.99. The summed E-state index contributed by atoms with van der Waals surface area (Å²) in [6.45, 7) is 4.86. The van der Waals surface area contributed by atoms with E-state index in [1.165, 1.54) is 16.7 Å². The van der Waals surface area contributed by atoms with E-state index in [0.717, 1.165) is 91.6 Å². The number of hydrogen-bond acceptors (Lipinski definition) is 5. The number of esters is 1. The van der Waals surface area contributed by atoms with E-state index in [4.69, 9.17) is 9.47 Å². The van der Waals surface area contributed by atoms with Crippen LogP contribution in [0.3, 0.4) is 0 Å². The molecule has 2 bridgehead atoms. The van der Waals surface area contributed by atoms with E-state index >= 15 is 0 Å². The first-order chi connectivity index (χ1) is 18.1. The van der Waals surface area contributed by atoms with Gasteiger partial charge < -0.3 is 19.1 Å². The summed E-state index contributed by atoms with van der Waals surface area (Å²) in [4.78, 5) is 14.4. The number of nitrogens with zero attached hydrogens (tertiary/aromatic N) is 1. The smallest absolute Gasteiger partial charge is 0.344 e. The molecule has 3 aliphatic heterocycles. The number of ether oxygens (including phenoxy) is 2. The van der Waals surface area contributed by atoms with Crippen molar-refractivity contribution in [3.05, 3.63) is 64.9 Å². The highest BCUT2D eigenvalue weighted by Crippen LogP contribution is 2.44. The van der Waals surface area contributed by atoms with Crippen LogP contribution in [0, 0.1) is 11.8 Å². The number of benzene rings is 2. The minimum absolute atomic E-state index is 0.0471. The first kappa shape index (κ1) is 24.9. The largest absolute Gasteiger partial charge is 0.493 e. The monoisotopic (exact) mass is 520 g/mol. The second-order valence-corrected chi connectivity index (χ2v) is 12.3. The van der Waals surface area contributed by atoms with Crippen LogP contribution in [0.1, 0.15) is 49.8 Å². The van der Waals surface area contributed by atoms with E-state index in [1.54, 1.807) is 0 Å². The molecule has 6 heteroatoms. The van der Waals surface area contributed by atoms with Crippen LogP contribution in [0.4, 0.5) is 0 Å². The maximum Gasteiger partial charge on any atom is 0.344 e. The molecule has 7 rings (SSSR count). The fraction of sp³-hybridized carbons (Fsp3) is 0.516. The molecule has 4 aliphatic rings. The van der Waals surface area contributed by atoms with Crippen molar-refractivity contribution in [1.29, 1.82) is 0 Å². The molecule has 3 aromatic rings. The molecule has 2 aromatic carbocycles. The van der Waals surface area contributed by atoms with E-state index in [2.05, 4.69) is 42.5 Å². The summed E-state index contributed by atoms with van der Waals surface area (Å²) in [5, 5.41) is 16.1. The lowest BCUT2D eigenvalue weighted by Crippen LogP contribution is -2.65. The third-order valence-corrected chi connectivity index (χ3v) is 10.2. The molecular weight excluding hydrogens is 482 g/mol. The van der Waals surface area contributed by atoms with E-state index in [0.29, 0.717) is 12.5 Å². The molecule has 0 amide bonds. The molecule has 5 nitrogen and oxygen atoms in total. The Morgan fingerprint density at radius 3 is 2.57 bits per heavy atom. The first-order valence-electron chi connectivity index (χ1n) is 14.0. The summed E-state index contributed by atoms with van der Waals surface area (Å²) >= 11 is 1.47. The molecule has 3 saturated heterocycles. The number of rotatable bonds is 9. The van der Waals surface area contributed by atoms with Crippen molar-refractivity contribution in [2.75, 3.05) is 32.8 Å². The number of aliphatic hydroxyl groups is 1. The second kappa shape index (κ2) is 10.4. The average molecular weight is 521 g/mol. The van der Waals surface area contributed by atoms with Crippen LogP contribution in [-0.4, -0.2) is 54.4 Å². The van der Waals surface area contributed by atoms with Gasteiger partial charge in [0.25, 0.3) is 0 Å². The summed E-state index contributed by atoms with van der Waals surface area (Å²) in [6.07, 6.45) is 6.93. The molecule has 2 atom stereocenters. The van der Waals surface area contributed by atoms with Gasteiger partial charge in [-0.2, -0.15) is 0 Å². The highest BCUT2D eigenvalue weighted by atomic mass is 32.1. The van der Waals surface area contributed by atoms with Crippen molar-refractivity contribution < 1.29 is 23.9 Å². The Morgan fingerprint density at radius 2 is 1.78 bits per heavy atom. The topological polar surface area (TPSA) is 55.8 Å². The zero-order chi connectivity index (χ0) is 25.3. The van der Waals surface area contributed by atoms with Gasteiger partial charge in [0.1, 0.15) is 12.3 Å². The number of carbonyl (C=O) groups excluding carboxylic acids is 1. The van der Waals surface area contributed by atoms with Gasteiger partial charge in [0.05, 0.1) is 26.2 Å². The van der Waals surface area contributed by atoms with Crippen molar-refractivity contribution in [3.63, 3.8) is 0 Å². The molecule has 37 heavy (non-hydrogen) atoms. The van der Waals surface area contributed by atoms with Crippen molar-refractivity contribution >= 4 is 28.1 Å². The molecule has 0 spiro atoms. The van der Waals surface area contributed by atoms with Gasteiger partial charge in [-0.05, 0) is 35.7 Å². The molecule has 1 aliphatic carbocycles. The summed E-state index contributed by atoms with van der Waals surface area (Å²) < 4.78 is 13.5. The minimum atomic E-state index is -1.51. The summed E-state index contributed by atoms with van der Waals surface area (Å²) in [6, 6.07) is 18.4. The molecule has 1 N–H and O–H groups in total. The molecule has 4 heterocycles. The predicted octanol–water partition coefficient (Wildman–Crippen LogP) is 5.90. The average Bonchev–Trinajstić information content (AvgIpc) is 3.67. The zero-order valence-electron chi connectivity index (χ0n) is 21.5. The predicted molar refractivity (Wildman–Crippen MR) is 147 cm³/mol. The number of hydrogen-bond donors (Lipinski definition) is 1. The highest BCUT2D eigenvalue weighted by Gasteiger charge is 2.53. The summed E-state index contributed by atoms with van der Waals surface area (Å²) in [7, 11) is 0. The van der Waals surface area contributed by atoms with E-state index in [-0.39, 0.29) is 12.0 Å². The molecule has 1 aromatic heterocycles. The Balaban J connectivity index is 1.09. The van der Waals surface area contributed by atoms with Gasteiger partial charge in [-0.3, -0.25) is 0 Å². The third kappa shape index (κ3) is 4.80. The molecule has 1 saturated carbocycles. The molecular formula is C31H38NO4S+. The lowest BCUT2D eigenvalue weighted by Gasteiger charge is -2.52. The van der Waals surface area contributed by atoms with Crippen LogP contribution in [0.5, 0.6) is 5.75 Å². The van der Waals surface area contributed by atoms with Crippen LogP contribution >= 0.6 is 11.3 Å². The van der Waals surface area contributed by atoms with Crippen molar-refractivity contribution in [2.24, 2.45) is 11.8 Å². The van der Waals surface area contributed by atoms with Crippen molar-refractivity contribution in [1.82, 2.24) is 0 Å². The quantitative estimate of drug-likeness (QED) is 0.217. The molecule has 196 valence electrons. The van der Waals surface area contributed by atoms with Crippen LogP contribution in [0.15, 0.2) is 60.0 Å². The Hall–Kier alpha value is -2.41. The Morgan fingerprint density at radius 1 is 1.00 bits per heavy atom. The molecule has 0 unspecified atom stereocenters. The first-order valence-corrected chi connectivity index (χ1v) is 14.9. The highest BCUT2D eigenvalue weighted by molar-refractivity contribution is 7.10. The van der Waals surface area contributed by atoms with Crippen LogP contribution in [0.25, 0.3) is 10.8 Å². The second-order valence-electron chi connectivity index (χ2n) is 11.4.